The van der Waals surface area contributed by atoms with E-state index >= 15 is 0 Å². The van der Waals surface area contributed by atoms with Crippen LogP contribution in [0.1, 0.15) is 52.4 Å². The van der Waals surface area contributed by atoms with E-state index in [1.165, 1.54) is 25.7 Å². The Morgan fingerprint density at radius 2 is 1.83 bits per heavy atom. The predicted octanol–water partition coefficient (Wildman–Crippen LogP) is 2.45. The van der Waals surface area contributed by atoms with Crippen LogP contribution in [0.4, 0.5) is 0 Å². The maximum Gasteiger partial charge on any atom is 0.192 e. The van der Waals surface area contributed by atoms with Crippen LogP contribution in [0.2, 0.25) is 0 Å². The first kappa shape index (κ1) is 10.0. The molecule has 0 amide bonds. The molecule has 12 heavy (non-hydrogen) atoms. The van der Waals surface area contributed by atoms with Crippen molar-refractivity contribution in [3.63, 3.8) is 0 Å². The Balaban J connectivity index is 1.90. The Morgan fingerprint density at radius 3 is 2.33 bits per heavy atom. The van der Waals surface area contributed by atoms with Crippen LogP contribution in [0.5, 0.6) is 0 Å². The van der Waals surface area contributed by atoms with E-state index in [0.717, 1.165) is 12.8 Å². The average Bonchev–Trinajstić information content (AvgIpc) is 2.60. The van der Waals surface area contributed by atoms with Crippen molar-refractivity contribution in [2.45, 2.75) is 64.3 Å². The summed E-state index contributed by atoms with van der Waals surface area (Å²) in [4.78, 5) is 0. The van der Waals surface area contributed by atoms with E-state index in [4.69, 9.17) is 4.74 Å². The second kappa shape index (κ2) is 4.24. The second-order valence-corrected chi connectivity index (χ2v) is 3.77. The van der Waals surface area contributed by atoms with E-state index < -0.39 is 5.79 Å². The largest absolute Gasteiger partial charge is 0.363 e. The SMILES string of the molecule is CCCCCCCC1(O)OC1C. The van der Waals surface area contributed by atoms with E-state index in [1.54, 1.807) is 0 Å². The molecule has 2 atom stereocenters. The Hall–Kier alpha value is -0.0800. The van der Waals surface area contributed by atoms with Crippen molar-refractivity contribution < 1.29 is 9.84 Å². The van der Waals surface area contributed by atoms with Crippen LogP contribution in [0.25, 0.3) is 0 Å². The molecule has 1 heterocycles. The third-order valence-electron chi connectivity index (χ3n) is 2.60. The highest BCUT2D eigenvalue weighted by Gasteiger charge is 2.50. The van der Waals surface area contributed by atoms with Gasteiger partial charge in [0.2, 0.25) is 0 Å². The van der Waals surface area contributed by atoms with Crippen molar-refractivity contribution in [3.05, 3.63) is 0 Å². The molecule has 72 valence electrons. The molecule has 0 radical (unpaired) electrons. The Kier molecular flexibility index (Phi) is 3.53. The van der Waals surface area contributed by atoms with Crippen LogP contribution in [0.15, 0.2) is 0 Å². The zero-order valence-electron chi connectivity index (χ0n) is 8.18. The Morgan fingerprint density at radius 1 is 1.25 bits per heavy atom. The minimum absolute atomic E-state index is 0.0728. The van der Waals surface area contributed by atoms with Gasteiger partial charge in [-0.15, -0.1) is 0 Å². The smallest absolute Gasteiger partial charge is 0.192 e. The maximum absolute atomic E-state index is 9.53. The lowest BCUT2D eigenvalue weighted by atomic mass is 10.1. The van der Waals surface area contributed by atoms with Gasteiger partial charge in [-0.25, -0.2) is 0 Å². The number of hydrogen-bond acceptors (Lipinski definition) is 2. The fraction of sp³-hybridized carbons (Fsp3) is 1.00. The summed E-state index contributed by atoms with van der Waals surface area (Å²) in [7, 11) is 0. The summed E-state index contributed by atoms with van der Waals surface area (Å²) in [6.07, 6.45) is 7.10. The number of rotatable bonds is 6. The molecule has 0 saturated carbocycles. The first-order valence-corrected chi connectivity index (χ1v) is 5.09. The topological polar surface area (TPSA) is 32.8 Å². The fourth-order valence-electron chi connectivity index (χ4n) is 1.52. The van der Waals surface area contributed by atoms with Crippen LogP contribution in [-0.4, -0.2) is 17.0 Å². The van der Waals surface area contributed by atoms with Crippen molar-refractivity contribution in [1.82, 2.24) is 0 Å². The standard InChI is InChI=1S/C10H20O2/c1-3-4-5-6-7-8-10(11)9(2)12-10/h9,11H,3-8H2,1-2H3. The molecule has 2 nitrogen and oxygen atoms in total. The molecule has 2 unspecified atom stereocenters. The van der Waals surface area contributed by atoms with Gasteiger partial charge in [0.15, 0.2) is 5.79 Å². The molecule has 0 aromatic heterocycles. The first-order valence-electron chi connectivity index (χ1n) is 5.09. The van der Waals surface area contributed by atoms with Crippen molar-refractivity contribution >= 4 is 0 Å². The number of aliphatic hydroxyl groups is 1. The van der Waals surface area contributed by atoms with Gasteiger partial charge in [-0.1, -0.05) is 32.6 Å². The van der Waals surface area contributed by atoms with E-state index in [9.17, 15) is 5.11 Å². The molecule has 0 aromatic rings. The van der Waals surface area contributed by atoms with Crippen LogP contribution >= 0.6 is 0 Å². The third kappa shape index (κ3) is 2.76. The van der Waals surface area contributed by atoms with Gasteiger partial charge in [0.25, 0.3) is 0 Å². The van der Waals surface area contributed by atoms with Gasteiger partial charge in [0.05, 0.1) is 0 Å². The minimum atomic E-state index is -0.744. The molecule has 1 fully saturated rings. The lowest BCUT2D eigenvalue weighted by molar-refractivity contribution is 0.0264. The summed E-state index contributed by atoms with van der Waals surface area (Å²) >= 11 is 0. The summed E-state index contributed by atoms with van der Waals surface area (Å²) in [5, 5.41) is 9.53. The highest BCUT2D eigenvalue weighted by molar-refractivity contribution is 4.88. The molecule has 1 saturated heterocycles. The predicted molar refractivity (Wildman–Crippen MR) is 48.9 cm³/mol. The third-order valence-corrected chi connectivity index (χ3v) is 2.60. The number of ether oxygens (including phenoxy) is 1. The zero-order valence-corrected chi connectivity index (χ0v) is 8.18. The Labute approximate surface area is 74.9 Å². The van der Waals surface area contributed by atoms with E-state index in [1.807, 2.05) is 6.92 Å². The molecule has 1 N–H and O–H groups in total. The number of unbranched alkanes of at least 4 members (excludes halogenated alkanes) is 4. The van der Waals surface area contributed by atoms with E-state index in [2.05, 4.69) is 6.92 Å². The lowest BCUT2D eigenvalue weighted by Gasteiger charge is -2.03. The van der Waals surface area contributed by atoms with Crippen molar-refractivity contribution in [3.8, 4) is 0 Å². The number of epoxide rings is 1. The molecule has 0 bridgehead atoms. The molecule has 0 spiro atoms. The van der Waals surface area contributed by atoms with Gasteiger partial charge in [-0.05, 0) is 13.3 Å². The second-order valence-electron chi connectivity index (χ2n) is 3.77. The summed E-state index contributed by atoms with van der Waals surface area (Å²) < 4.78 is 5.07. The summed E-state index contributed by atoms with van der Waals surface area (Å²) in [6, 6.07) is 0. The molecular weight excluding hydrogens is 152 g/mol. The highest BCUT2D eigenvalue weighted by Crippen LogP contribution is 2.37. The van der Waals surface area contributed by atoms with Gasteiger partial charge in [-0.2, -0.15) is 0 Å². The van der Waals surface area contributed by atoms with E-state index in [0.29, 0.717) is 0 Å². The minimum Gasteiger partial charge on any atom is -0.363 e. The van der Waals surface area contributed by atoms with Gasteiger partial charge in [0.1, 0.15) is 6.10 Å². The molecule has 0 aliphatic carbocycles. The van der Waals surface area contributed by atoms with Gasteiger partial charge >= 0.3 is 0 Å². The molecule has 1 aliphatic rings. The van der Waals surface area contributed by atoms with Crippen molar-refractivity contribution in [1.29, 1.82) is 0 Å². The summed E-state index contributed by atoms with van der Waals surface area (Å²) in [5.41, 5.74) is 0. The van der Waals surface area contributed by atoms with Crippen molar-refractivity contribution in [2.24, 2.45) is 0 Å². The van der Waals surface area contributed by atoms with Crippen LogP contribution in [0, 0.1) is 0 Å². The molecule has 1 aliphatic heterocycles. The maximum atomic E-state index is 9.53. The van der Waals surface area contributed by atoms with Gasteiger partial charge in [0, 0.05) is 6.42 Å². The van der Waals surface area contributed by atoms with Crippen LogP contribution in [0.3, 0.4) is 0 Å². The normalized spacial score (nSPS) is 33.8. The van der Waals surface area contributed by atoms with Crippen LogP contribution in [-0.2, 0) is 4.74 Å². The van der Waals surface area contributed by atoms with E-state index in [-0.39, 0.29) is 6.10 Å². The van der Waals surface area contributed by atoms with Crippen molar-refractivity contribution in [2.75, 3.05) is 0 Å². The number of hydrogen-bond donors (Lipinski definition) is 1. The summed E-state index contributed by atoms with van der Waals surface area (Å²) in [6.45, 7) is 4.13. The average molecular weight is 172 g/mol. The fourth-order valence-corrected chi connectivity index (χ4v) is 1.52. The molecular formula is C10H20O2. The molecule has 2 heteroatoms. The quantitative estimate of drug-likeness (QED) is 0.493. The Bertz CT molecular complexity index is 136. The molecule has 0 aromatic carbocycles. The first-order chi connectivity index (χ1) is 5.69. The molecule has 1 rings (SSSR count). The monoisotopic (exact) mass is 172 g/mol. The summed E-state index contributed by atoms with van der Waals surface area (Å²) in [5.74, 6) is -0.744. The highest BCUT2D eigenvalue weighted by atomic mass is 16.7. The van der Waals surface area contributed by atoms with Gasteiger partial charge in [-0.3, -0.25) is 0 Å². The lowest BCUT2D eigenvalue weighted by Crippen LogP contribution is -2.11. The zero-order chi connectivity index (χ0) is 9.03. The van der Waals surface area contributed by atoms with Gasteiger partial charge < -0.3 is 9.84 Å². The van der Waals surface area contributed by atoms with Crippen LogP contribution < -0.4 is 0 Å².